The zero-order valence-corrected chi connectivity index (χ0v) is 11.4. The molecule has 0 heterocycles. The highest BCUT2D eigenvalue weighted by Crippen LogP contribution is 2.11. The second-order valence-corrected chi connectivity index (χ2v) is 4.50. The highest BCUT2D eigenvalue weighted by Gasteiger charge is 2.12. The topological polar surface area (TPSA) is 64.3 Å². The molecule has 0 aromatic heterocycles. The number of amides is 1. The van der Waals surface area contributed by atoms with Gasteiger partial charge >= 0.3 is 0 Å². The maximum Gasteiger partial charge on any atom is 0.251 e. The molecule has 0 saturated carbocycles. The van der Waals surface area contributed by atoms with Crippen LogP contribution in [-0.2, 0) is 0 Å². The lowest BCUT2D eigenvalue weighted by atomic mass is 10.1. The quantitative estimate of drug-likeness (QED) is 0.772. The molecule has 18 heavy (non-hydrogen) atoms. The molecule has 1 unspecified atom stereocenters. The third-order valence-electron chi connectivity index (χ3n) is 2.63. The third-order valence-corrected chi connectivity index (χ3v) is 2.79. The molecule has 1 atom stereocenters. The molecule has 1 aromatic carbocycles. The first-order valence-corrected chi connectivity index (χ1v) is 6.20. The number of ether oxygens (including phenoxy) is 1. The van der Waals surface area contributed by atoms with E-state index in [-0.39, 0.29) is 11.9 Å². The fourth-order valence-corrected chi connectivity index (χ4v) is 1.75. The van der Waals surface area contributed by atoms with Crippen molar-refractivity contribution in [3.63, 3.8) is 0 Å². The molecular formula is C13H18N2O2S. The Bertz CT molecular complexity index is 418. The van der Waals surface area contributed by atoms with Crippen molar-refractivity contribution < 1.29 is 9.53 Å². The van der Waals surface area contributed by atoms with E-state index < -0.39 is 0 Å². The summed E-state index contributed by atoms with van der Waals surface area (Å²) in [4.78, 5) is 12.4. The molecule has 5 heteroatoms. The number of benzene rings is 1. The number of carbonyl (C=O) groups is 1. The van der Waals surface area contributed by atoms with Crippen LogP contribution in [0.2, 0.25) is 0 Å². The smallest absolute Gasteiger partial charge is 0.251 e. The van der Waals surface area contributed by atoms with Crippen LogP contribution in [0.25, 0.3) is 0 Å². The summed E-state index contributed by atoms with van der Waals surface area (Å²) >= 11 is 4.85. The molecule has 1 rings (SSSR count). The standard InChI is InChI=1S/C13H18N2O2S/c1-3-10(8-12(14)18)15-13(16)9-4-6-11(17-2)7-5-9/h4-7,10H,3,8H2,1-2H3,(H2,14,18)(H,15,16). The average Bonchev–Trinajstić information content (AvgIpc) is 2.37. The van der Waals surface area contributed by atoms with Crippen molar-refractivity contribution in [2.45, 2.75) is 25.8 Å². The van der Waals surface area contributed by atoms with Crippen LogP contribution in [0.4, 0.5) is 0 Å². The average molecular weight is 266 g/mol. The van der Waals surface area contributed by atoms with Gasteiger partial charge in [0.1, 0.15) is 5.75 Å². The van der Waals surface area contributed by atoms with Crippen LogP contribution in [0.15, 0.2) is 24.3 Å². The zero-order chi connectivity index (χ0) is 13.5. The Morgan fingerprint density at radius 3 is 2.50 bits per heavy atom. The van der Waals surface area contributed by atoms with E-state index in [1.165, 1.54) is 0 Å². The summed E-state index contributed by atoms with van der Waals surface area (Å²) < 4.78 is 5.04. The van der Waals surface area contributed by atoms with E-state index in [1.54, 1.807) is 31.4 Å². The highest BCUT2D eigenvalue weighted by molar-refractivity contribution is 7.80. The summed E-state index contributed by atoms with van der Waals surface area (Å²) in [7, 11) is 1.59. The monoisotopic (exact) mass is 266 g/mol. The SMILES string of the molecule is CCC(CC(N)=S)NC(=O)c1ccc(OC)cc1. The van der Waals surface area contributed by atoms with E-state index in [9.17, 15) is 4.79 Å². The van der Waals surface area contributed by atoms with Crippen LogP contribution < -0.4 is 15.8 Å². The Balaban J connectivity index is 2.65. The first-order valence-electron chi connectivity index (χ1n) is 5.80. The normalized spacial score (nSPS) is 11.7. The van der Waals surface area contributed by atoms with Gasteiger partial charge in [-0.3, -0.25) is 4.79 Å². The van der Waals surface area contributed by atoms with Crippen molar-refractivity contribution in [1.29, 1.82) is 0 Å². The van der Waals surface area contributed by atoms with Crippen molar-refractivity contribution in [3.05, 3.63) is 29.8 Å². The van der Waals surface area contributed by atoms with Gasteiger partial charge in [-0.1, -0.05) is 19.1 Å². The molecule has 0 aliphatic rings. The molecule has 3 N–H and O–H groups in total. The van der Waals surface area contributed by atoms with Crippen LogP contribution in [0.1, 0.15) is 30.1 Å². The van der Waals surface area contributed by atoms with Crippen molar-refractivity contribution in [2.75, 3.05) is 7.11 Å². The minimum absolute atomic E-state index is 0.0166. The van der Waals surface area contributed by atoms with Crippen LogP contribution in [-0.4, -0.2) is 24.0 Å². The van der Waals surface area contributed by atoms with Crippen LogP contribution in [0.3, 0.4) is 0 Å². The number of hydrogen-bond acceptors (Lipinski definition) is 3. The van der Waals surface area contributed by atoms with Gasteiger partial charge in [0.05, 0.1) is 12.1 Å². The predicted molar refractivity (Wildman–Crippen MR) is 75.9 cm³/mol. The lowest BCUT2D eigenvalue weighted by molar-refractivity contribution is 0.0937. The Morgan fingerprint density at radius 2 is 2.06 bits per heavy atom. The summed E-state index contributed by atoms with van der Waals surface area (Å²) in [6.45, 7) is 1.98. The van der Waals surface area contributed by atoms with Crippen molar-refractivity contribution in [3.8, 4) is 5.75 Å². The summed E-state index contributed by atoms with van der Waals surface area (Å²) in [5.74, 6) is 0.600. The molecule has 4 nitrogen and oxygen atoms in total. The molecule has 0 bridgehead atoms. The Kier molecular flexibility index (Phi) is 5.58. The van der Waals surface area contributed by atoms with Crippen molar-refractivity contribution in [2.24, 2.45) is 5.73 Å². The maximum atomic E-state index is 12.0. The lowest BCUT2D eigenvalue weighted by Crippen LogP contribution is -2.37. The molecule has 0 aliphatic heterocycles. The van der Waals surface area contributed by atoms with Crippen LogP contribution >= 0.6 is 12.2 Å². The number of rotatable bonds is 6. The number of thiocarbonyl (C=S) groups is 1. The first-order chi connectivity index (χ1) is 8.56. The summed E-state index contributed by atoms with van der Waals surface area (Å²) in [6.07, 6.45) is 1.31. The van der Waals surface area contributed by atoms with Gasteiger partial charge in [-0.05, 0) is 30.7 Å². The minimum Gasteiger partial charge on any atom is -0.497 e. The van der Waals surface area contributed by atoms with E-state index in [0.717, 1.165) is 12.2 Å². The third kappa shape index (κ3) is 4.33. The number of carbonyl (C=O) groups excluding carboxylic acids is 1. The first kappa shape index (κ1) is 14.4. The van der Waals surface area contributed by atoms with Crippen LogP contribution in [0.5, 0.6) is 5.75 Å². The van der Waals surface area contributed by atoms with Crippen molar-refractivity contribution in [1.82, 2.24) is 5.32 Å². The van der Waals surface area contributed by atoms with Gasteiger partial charge < -0.3 is 15.8 Å². The Morgan fingerprint density at radius 1 is 1.44 bits per heavy atom. The van der Waals surface area contributed by atoms with Gasteiger partial charge in [-0.25, -0.2) is 0 Å². The fourth-order valence-electron chi connectivity index (χ4n) is 1.55. The van der Waals surface area contributed by atoms with E-state index in [2.05, 4.69) is 5.32 Å². The number of nitrogens with one attached hydrogen (secondary N) is 1. The molecule has 1 aromatic rings. The van der Waals surface area contributed by atoms with Gasteiger partial charge in [0.25, 0.3) is 5.91 Å². The summed E-state index contributed by atoms with van der Waals surface area (Å²) in [5, 5.41) is 2.90. The van der Waals surface area contributed by atoms with Gasteiger partial charge in [0.15, 0.2) is 0 Å². The molecule has 0 fully saturated rings. The number of methoxy groups -OCH3 is 1. The minimum atomic E-state index is -0.124. The second kappa shape index (κ2) is 6.96. The Hall–Kier alpha value is -1.62. The van der Waals surface area contributed by atoms with Gasteiger partial charge in [-0.2, -0.15) is 0 Å². The van der Waals surface area contributed by atoms with Gasteiger partial charge in [-0.15, -0.1) is 0 Å². The van der Waals surface area contributed by atoms with Crippen LogP contribution in [0, 0.1) is 0 Å². The fraction of sp³-hybridized carbons (Fsp3) is 0.385. The van der Waals surface area contributed by atoms with E-state index in [0.29, 0.717) is 17.0 Å². The molecule has 0 radical (unpaired) electrons. The highest BCUT2D eigenvalue weighted by atomic mass is 32.1. The predicted octanol–water partition coefficient (Wildman–Crippen LogP) is 1.88. The molecule has 0 aliphatic carbocycles. The van der Waals surface area contributed by atoms with E-state index in [4.69, 9.17) is 22.7 Å². The number of nitrogens with two attached hydrogens (primary N) is 1. The summed E-state index contributed by atoms with van der Waals surface area (Å²) in [5.41, 5.74) is 6.08. The zero-order valence-electron chi connectivity index (χ0n) is 10.6. The van der Waals surface area contributed by atoms with Gasteiger partial charge in [0, 0.05) is 18.0 Å². The van der Waals surface area contributed by atoms with E-state index in [1.807, 2.05) is 6.92 Å². The number of hydrogen-bond donors (Lipinski definition) is 2. The largest absolute Gasteiger partial charge is 0.497 e. The Labute approximate surface area is 113 Å². The molecule has 0 spiro atoms. The van der Waals surface area contributed by atoms with E-state index >= 15 is 0 Å². The lowest BCUT2D eigenvalue weighted by Gasteiger charge is -2.16. The molecule has 0 saturated heterocycles. The maximum absolute atomic E-state index is 12.0. The summed E-state index contributed by atoms with van der Waals surface area (Å²) in [6, 6.07) is 6.94. The second-order valence-electron chi connectivity index (χ2n) is 3.98. The van der Waals surface area contributed by atoms with Gasteiger partial charge in [0.2, 0.25) is 0 Å². The van der Waals surface area contributed by atoms with Crippen molar-refractivity contribution >= 4 is 23.1 Å². The molecular weight excluding hydrogens is 248 g/mol. The molecule has 1 amide bonds. The molecule has 98 valence electrons.